The van der Waals surface area contributed by atoms with Gasteiger partial charge in [-0.1, -0.05) is 24.3 Å². The van der Waals surface area contributed by atoms with E-state index in [1.807, 2.05) is 12.1 Å². The van der Waals surface area contributed by atoms with Crippen molar-refractivity contribution in [3.63, 3.8) is 0 Å². The van der Waals surface area contributed by atoms with Gasteiger partial charge in [-0.05, 0) is 35.9 Å². The molecule has 8 nitrogen and oxygen atoms in total. The zero-order valence-electron chi connectivity index (χ0n) is 15.5. The lowest BCUT2D eigenvalue weighted by Crippen LogP contribution is -2.39. The Morgan fingerprint density at radius 3 is 2.62 bits per heavy atom. The summed E-state index contributed by atoms with van der Waals surface area (Å²) in [5.74, 6) is -0.544. The molecule has 1 aliphatic rings. The molecule has 2 heterocycles. The highest BCUT2D eigenvalue weighted by Gasteiger charge is 2.25. The van der Waals surface area contributed by atoms with Gasteiger partial charge in [-0.25, -0.2) is 4.79 Å². The number of benzene rings is 2. The Hall–Kier alpha value is -3.65. The maximum absolute atomic E-state index is 11.1. The predicted octanol–water partition coefficient (Wildman–Crippen LogP) is 2.71. The van der Waals surface area contributed by atoms with Crippen LogP contribution in [0.3, 0.4) is 0 Å². The fourth-order valence-electron chi connectivity index (χ4n) is 3.38. The summed E-state index contributed by atoms with van der Waals surface area (Å²) in [6.07, 6.45) is -0.229. The van der Waals surface area contributed by atoms with Crippen molar-refractivity contribution in [3.05, 3.63) is 65.7 Å². The Kier molecular flexibility index (Phi) is 5.01. The molecule has 8 heteroatoms. The molecule has 0 amide bonds. The van der Waals surface area contributed by atoms with E-state index in [1.165, 1.54) is 0 Å². The molecule has 0 spiro atoms. The number of nitrogens with two attached hydrogens (primary N) is 1. The first kappa shape index (κ1) is 18.7. The van der Waals surface area contributed by atoms with Crippen LogP contribution >= 0.6 is 0 Å². The minimum atomic E-state index is -0.963. The van der Waals surface area contributed by atoms with Gasteiger partial charge in [0.15, 0.2) is 5.82 Å². The molecule has 1 aliphatic heterocycles. The van der Waals surface area contributed by atoms with E-state index < -0.39 is 5.97 Å². The molecule has 0 saturated carbocycles. The summed E-state index contributed by atoms with van der Waals surface area (Å²) in [5, 5.41) is 27.4. The van der Waals surface area contributed by atoms with E-state index in [9.17, 15) is 9.90 Å². The number of rotatable bonds is 4. The van der Waals surface area contributed by atoms with Gasteiger partial charge >= 0.3 is 5.97 Å². The number of aromatic carboxylic acids is 1. The molecule has 4 rings (SSSR count). The number of carbonyl (C=O) groups is 1. The molecule has 29 heavy (non-hydrogen) atoms. The Morgan fingerprint density at radius 2 is 1.90 bits per heavy atom. The Labute approximate surface area is 167 Å². The summed E-state index contributed by atoms with van der Waals surface area (Å²) in [4.78, 5) is 13.1. The van der Waals surface area contributed by atoms with Gasteiger partial charge in [-0.15, -0.1) is 10.2 Å². The van der Waals surface area contributed by atoms with Crippen molar-refractivity contribution in [3.8, 4) is 17.0 Å². The lowest BCUT2D eigenvalue weighted by atomic mass is 10.0. The average Bonchev–Trinajstić information content (AvgIpc) is 2.75. The number of aromatic nitrogens is 2. The van der Waals surface area contributed by atoms with Crippen LogP contribution in [0.5, 0.6) is 5.75 Å². The van der Waals surface area contributed by atoms with Crippen molar-refractivity contribution < 1.29 is 19.7 Å². The van der Waals surface area contributed by atoms with Crippen LogP contribution in [0, 0.1) is 0 Å². The minimum Gasteiger partial charge on any atom is -0.507 e. The molecular formula is C21H20N4O4. The van der Waals surface area contributed by atoms with Crippen LogP contribution in [0.4, 0.5) is 11.5 Å². The zero-order valence-corrected chi connectivity index (χ0v) is 15.5. The number of morpholine rings is 1. The summed E-state index contributed by atoms with van der Waals surface area (Å²) < 4.78 is 5.88. The molecule has 1 aromatic heterocycles. The number of hydrogen-bond acceptors (Lipinski definition) is 7. The molecule has 1 atom stereocenters. The normalized spacial score (nSPS) is 16.6. The molecule has 0 bridgehead atoms. The van der Waals surface area contributed by atoms with Crippen LogP contribution in [0.15, 0.2) is 54.6 Å². The number of carboxylic acid groups (broad SMARTS) is 1. The first-order valence-corrected chi connectivity index (χ1v) is 9.14. The molecule has 1 saturated heterocycles. The third-order valence-electron chi connectivity index (χ3n) is 4.92. The van der Waals surface area contributed by atoms with E-state index in [2.05, 4.69) is 15.1 Å². The molecule has 3 aromatic rings. The standard InChI is InChI=1S/C21H20N4O4/c22-20-17(11-16(23-24-20)15-3-1-2-4-18(15)26)25-9-10-29-19(12-25)13-5-7-14(8-6-13)21(27)28/h1-8,11,19,26H,9-10,12H2,(H2,22,24)(H,27,28)/t19-/m1/s1. The highest BCUT2D eigenvalue weighted by atomic mass is 16.5. The summed E-state index contributed by atoms with van der Waals surface area (Å²) in [6.45, 7) is 1.64. The molecule has 0 unspecified atom stereocenters. The first-order chi connectivity index (χ1) is 14.0. The summed E-state index contributed by atoms with van der Waals surface area (Å²) >= 11 is 0. The van der Waals surface area contributed by atoms with Gasteiger partial charge in [-0.2, -0.15) is 0 Å². The largest absolute Gasteiger partial charge is 0.507 e. The molecule has 0 radical (unpaired) electrons. The molecule has 4 N–H and O–H groups in total. The minimum absolute atomic E-state index is 0.121. The van der Waals surface area contributed by atoms with Crippen LogP contribution in [0.2, 0.25) is 0 Å². The van der Waals surface area contributed by atoms with Crippen LogP contribution in [-0.2, 0) is 4.74 Å². The van der Waals surface area contributed by atoms with Crippen LogP contribution in [-0.4, -0.2) is 46.1 Å². The predicted molar refractivity (Wildman–Crippen MR) is 108 cm³/mol. The fraction of sp³-hybridized carbons (Fsp3) is 0.190. The van der Waals surface area contributed by atoms with E-state index in [0.717, 1.165) is 5.56 Å². The SMILES string of the molecule is Nc1nnc(-c2ccccc2O)cc1N1CCO[C@@H](c2ccc(C(=O)O)cc2)C1. The second-order valence-electron chi connectivity index (χ2n) is 6.75. The van der Waals surface area contributed by atoms with Crippen molar-refractivity contribution in [2.24, 2.45) is 0 Å². The zero-order chi connectivity index (χ0) is 20.4. The number of carboxylic acids is 1. The van der Waals surface area contributed by atoms with Gasteiger partial charge in [-0.3, -0.25) is 0 Å². The van der Waals surface area contributed by atoms with Crippen molar-refractivity contribution in [2.45, 2.75) is 6.10 Å². The number of phenolic OH excluding ortho intramolecular Hbond substituents is 1. The number of phenols is 1. The topological polar surface area (TPSA) is 122 Å². The molecule has 148 valence electrons. The summed E-state index contributed by atoms with van der Waals surface area (Å²) in [5.41, 5.74) is 9.04. The number of nitrogen functional groups attached to an aromatic ring is 1. The van der Waals surface area contributed by atoms with E-state index >= 15 is 0 Å². The lowest BCUT2D eigenvalue weighted by molar-refractivity contribution is 0.0398. The lowest BCUT2D eigenvalue weighted by Gasteiger charge is -2.35. The monoisotopic (exact) mass is 392 g/mol. The maximum Gasteiger partial charge on any atom is 0.335 e. The van der Waals surface area contributed by atoms with Crippen LogP contribution in [0.1, 0.15) is 22.0 Å². The van der Waals surface area contributed by atoms with Crippen molar-refractivity contribution in [2.75, 3.05) is 30.3 Å². The van der Waals surface area contributed by atoms with Gasteiger partial charge in [0, 0.05) is 18.7 Å². The molecule has 1 fully saturated rings. The number of anilines is 2. The van der Waals surface area contributed by atoms with E-state index in [4.69, 9.17) is 15.6 Å². The van der Waals surface area contributed by atoms with Gasteiger partial charge in [0.25, 0.3) is 0 Å². The summed E-state index contributed by atoms with van der Waals surface area (Å²) in [6, 6.07) is 15.4. The third kappa shape index (κ3) is 3.83. The number of hydrogen-bond donors (Lipinski definition) is 3. The fourth-order valence-corrected chi connectivity index (χ4v) is 3.38. The van der Waals surface area contributed by atoms with Gasteiger partial charge in [0.1, 0.15) is 11.9 Å². The van der Waals surface area contributed by atoms with E-state index in [-0.39, 0.29) is 17.4 Å². The summed E-state index contributed by atoms with van der Waals surface area (Å²) in [7, 11) is 0. The van der Waals surface area contributed by atoms with Crippen LogP contribution in [0.25, 0.3) is 11.3 Å². The van der Waals surface area contributed by atoms with Gasteiger partial charge < -0.3 is 25.6 Å². The number of ether oxygens (including phenoxy) is 1. The molecular weight excluding hydrogens is 372 g/mol. The molecule has 2 aromatic carbocycles. The van der Waals surface area contributed by atoms with Crippen molar-refractivity contribution >= 4 is 17.5 Å². The number of aromatic hydroxyl groups is 1. The highest BCUT2D eigenvalue weighted by molar-refractivity contribution is 5.87. The smallest absolute Gasteiger partial charge is 0.335 e. The van der Waals surface area contributed by atoms with Crippen molar-refractivity contribution in [1.82, 2.24) is 10.2 Å². The quantitative estimate of drug-likeness (QED) is 0.620. The Morgan fingerprint density at radius 1 is 1.14 bits per heavy atom. The van der Waals surface area contributed by atoms with Gasteiger partial charge in [0.05, 0.1) is 23.6 Å². The van der Waals surface area contributed by atoms with Gasteiger partial charge in [0.2, 0.25) is 0 Å². The maximum atomic E-state index is 11.1. The number of nitrogens with zero attached hydrogens (tertiary/aromatic N) is 3. The second-order valence-corrected chi connectivity index (χ2v) is 6.75. The average molecular weight is 392 g/mol. The van der Waals surface area contributed by atoms with Crippen LogP contribution < -0.4 is 10.6 Å². The molecule has 0 aliphatic carbocycles. The Balaban J connectivity index is 1.60. The first-order valence-electron chi connectivity index (χ1n) is 9.14. The number of para-hydroxylation sites is 1. The third-order valence-corrected chi connectivity index (χ3v) is 4.92. The van der Waals surface area contributed by atoms with Crippen molar-refractivity contribution in [1.29, 1.82) is 0 Å². The Bertz CT molecular complexity index is 1040. The second kappa shape index (κ2) is 7.76. The van der Waals surface area contributed by atoms with E-state index in [1.54, 1.807) is 42.5 Å². The highest BCUT2D eigenvalue weighted by Crippen LogP contribution is 2.33. The van der Waals surface area contributed by atoms with E-state index in [0.29, 0.717) is 42.5 Å².